The molecule has 4 N–H and O–H groups in total. The summed E-state index contributed by atoms with van der Waals surface area (Å²) in [6.45, 7) is 0. The lowest BCUT2D eigenvalue weighted by atomic mass is 10.0. The SMILES string of the molecule is NNC(=O)C(Cc1ccccc1)NC(=O)c1ccc2ccccc2c1. The van der Waals surface area contributed by atoms with Gasteiger partial charge >= 0.3 is 0 Å². The molecule has 0 saturated heterocycles. The Balaban J connectivity index is 1.79. The monoisotopic (exact) mass is 333 g/mol. The molecule has 0 spiro atoms. The van der Waals surface area contributed by atoms with Crippen LogP contribution in [0.5, 0.6) is 0 Å². The predicted molar refractivity (Wildman–Crippen MR) is 97.7 cm³/mol. The first-order valence-corrected chi connectivity index (χ1v) is 8.01. The van der Waals surface area contributed by atoms with E-state index in [4.69, 9.17) is 5.84 Å². The van der Waals surface area contributed by atoms with Crippen molar-refractivity contribution in [3.05, 3.63) is 83.9 Å². The summed E-state index contributed by atoms with van der Waals surface area (Å²) in [5.41, 5.74) is 3.56. The molecule has 0 fully saturated rings. The molecule has 2 amide bonds. The normalized spacial score (nSPS) is 11.7. The number of benzene rings is 3. The van der Waals surface area contributed by atoms with Crippen molar-refractivity contribution in [3.8, 4) is 0 Å². The second kappa shape index (κ2) is 7.59. The third-order valence-corrected chi connectivity index (χ3v) is 4.06. The summed E-state index contributed by atoms with van der Waals surface area (Å²) in [6.07, 6.45) is 0.364. The van der Waals surface area contributed by atoms with Crippen molar-refractivity contribution < 1.29 is 9.59 Å². The second-order valence-electron chi connectivity index (χ2n) is 5.79. The van der Waals surface area contributed by atoms with E-state index in [1.54, 1.807) is 6.07 Å². The molecule has 1 unspecified atom stereocenters. The van der Waals surface area contributed by atoms with E-state index in [1.807, 2.05) is 66.7 Å². The Morgan fingerprint density at radius 2 is 1.56 bits per heavy atom. The highest BCUT2D eigenvalue weighted by Crippen LogP contribution is 2.16. The van der Waals surface area contributed by atoms with Crippen molar-refractivity contribution in [2.24, 2.45) is 5.84 Å². The average Bonchev–Trinajstić information content (AvgIpc) is 2.67. The minimum Gasteiger partial charge on any atom is -0.340 e. The van der Waals surface area contributed by atoms with Gasteiger partial charge in [0, 0.05) is 12.0 Å². The topological polar surface area (TPSA) is 84.2 Å². The largest absolute Gasteiger partial charge is 0.340 e. The van der Waals surface area contributed by atoms with Gasteiger partial charge < -0.3 is 5.32 Å². The third-order valence-electron chi connectivity index (χ3n) is 4.06. The van der Waals surface area contributed by atoms with Crippen LogP contribution in [0.25, 0.3) is 10.8 Å². The van der Waals surface area contributed by atoms with Gasteiger partial charge in [0.15, 0.2) is 0 Å². The summed E-state index contributed by atoms with van der Waals surface area (Å²) >= 11 is 0. The maximum absolute atomic E-state index is 12.6. The molecular formula is C20H19N3O2. The standard InChI is InChI=1S/C20H19N3O2/c21-23-20(25)18(12-14-6-2-1-3-7-14)22-19(24)17-11-10-15-8-4-5-9-16(15)13-17/h1-11,13,18H,12,21H2,(H,22,24)(H,23,25). The zero-order valence-corrected chi connectivity index (χ0v) is 13.6. The van der Waals surface area contributed by atoms with E-state index in [9.17, 15) is 9.59 Å². The maximum atomic E-state index is 12.6. The van der Waals surface area contributed by atoms with E-state index in [1.165, 1.54) is 0 Å². The van der Waals surface area contributed by atoms with Gasteiger partial charge in [-0.25, -0.2) is 5.84 Å². The zero-order chi connectivity index (χ0) is 17.6. The van der Waals surface area contributed by atoms with Gasteiger partial charge in [-0.05, 0) is 28.5 Å². The van der Waals surface area contributed by atoms with Crippen LogP contribution in [-0.2, 0) is 11.2 Å². The number of amides is 2. The van der Waals surface area contributed by atoms with E-state index >= 15 is 0 Å². The Kier molecular flexibility index (Phi) is 5.06. The van der Waals surface area contributed by atoms with E-state index in [2.05, 4.69) is 10.7 Å². The van der Waals surface area contributed by atoms with E-state index in [0.29, 0.717) is 12.0 Å². The summed E-state index contributed by atoms with van der Waals surface area (Å²) in [5.74, 6) is 4.52. The van der Waals surface area contributed by atoms with Crippen LogP contribution >= 0.6 is 0 Å². The van der Waals surface area contributed by atoms with Gasteiger partial charge in [0.1, 0.15) is 6.04 Å². The van der Waals surface area contributed by atoms with E-state index in [0.717, 1.165) is 16.3 Å². The van der Waals surface area contributed by atoms with Crippen molar-refractivity contribution >= 4 is 22.6 Å². The van der Waals surface area contributed by atoms with Crippen LogP contribution in [-0.4, -0.2) is 17.9 Å². The van der Waals surface area contributed by atoms with Crippen molar-refractivity contribution in [3.63, 3.8) is 0 Å². The van der Waals surface area contributed by atoms with Crippen LogP contribution in [0.4, 0.5) is 0 Å². The van der Waals surface area contributed by atoms with Gasteiger partial charge in [0.2, 0.25) is 0 Å². The number of carbonyl (C=O) groups excluding carboxylic acids is 2. The van der Waals surface area contributed by atoms with Crippen molar-refractivity contribution in [1.29, 1.82) is 0 Å². The molecule has 25 heavy (non-hydrogen) atoms. The lowest BCUT2D eigenvalue weighted by Gasteiger charge is -2.17. The summed E-state index contributed by atoms with van der Waals surface area (Å²) in [4.78, 5) is 24.6. The van der Waals surface area contributed by atoms with Crippen LogP contribution < -0.4 is 16.6 Å². The first-order valence-electron chi connectivity index (χ1n) is 8.01. The Bertz CT molecular complexity index is 894. The van der Waals surface area contributed by atoms with Gasteiger partial charge in [0.05, 0.1) is 0 Å². The zero-order valence-electron chi connectivity index (χ0n) is 13.6. The molecule has 3 rings (SSSR count). The first-order chi connectivity index (χ1) is 12.2. The molecule has 3 aromatic carbocycles. The fraction of sp³-hybridized carbons (Fsp3) is 0.100. The van der Waals surface area contributed by atoms with Crippen LogP contribution in [0, 0.1) is 0 Å². The molecule has 0 heterocycles. The summed E-state index contributed by atoms with van der Waals surface area (Å²) in [5, 5.41) is 4.79. The van der Waals surface area contributed by atoms with E-state index < -0.39 is 11.9 Å². The summed E-state index contributed by atoms with van der Waals surface area (Å²) in [6, 6.07) is 22.0. The molecule has 3 aromatic rings. The average molecular weight is 333 g/mol. The van der Waals surface area contributed by atoms with Gasteiger partial charge in [-0.3, -0.25) is 15.0 Å². The molecule has 0 aliphatic carbocycles. The molecule has 0 aliphatic rings. The third kappa shape index (κ3) is 4.02. The van der Waals surface area contributed by atoms with Gasteiger partial charge in [0.25, 0.3) is 11.8 Å². The Labute approximate surface area is 145 Å². The van der Waals surface area contributed by atoms with Crippen LogP contribution in [0.1, 0.15) is 15.9 Å². The van der Waals surface area contributed by atoms with Gasteiger partial charge in [-0.2, -0.15) is 0 Å². The van der Waals surface area contributed by atoms with Crippen LogP contribution in [0.2, 0.25) is 0 Å². The highest BCUT2D eigenvalue weighted by Gasteiger charge is 2.21. The Morgan fingerprint density at radius 3 is 2.28 bits per heavy atom. The summed E-state index contributed by atoms with van der Waals surface area (Å²) < 4.78 is 0. The lowest BCUT2D eigenvalue weighted by Crippen LogP contribution is -2.50. The van der Waals surface area contributed by atoms with Crippen molar-refractivity contribution in [2.45, 2.75) is 12.5 Å². The fourth-order valence-electron chi connectivity index (χ4n) is 2.73. The smallest absolute Gasteiger partial charge is 0.256 e. The molecule has 5 heteroatoms. The molecule has 5 nitrogen and oxygen atoms in total. The predicted octanol–water partition coefficient (Wildman–Crippen LogP) is 2.17. The molecule has 126 valence electrons. The molecule has 1 atom stereocenters. The number of nitrogens with two attached hydrogens (primary N) is 1. The first kappa shape index (κ1) is 16.7. The number of rotatable bonds is 5. The minimum absolute atomic E-state index is 0.310. The number of hydrazine groups is 1. The molecular weight excluding hydrogens is 314 g/mol. The Hall–Kier alpha value is -3.18. The Morgan fingerprint density at radius 1 is 0.880 bits per heavy atom. The van der Waals surface area contributed by atoms with Gasteiger partial charge in [-0.1, -0.05) is 60.7 Å². The lowest BCUT2D eigenvalue weighted by molar-refractivity contribution is -0.123. The molecule has 0 bridgehead atoms. The van der Waals surface area contributed by atoms with E-state index in [-0.39, 0.29) is 5.91 Å². The second-order valence-corrected chi connectivity index (χ2v) is 5.79. The van der Waals surface area contributed by atoms with Crippen molar-refractivity contribution in [1.82, 2.24) is 10.7 Å². The maximum Gasteiger partial charge on any atom is 0.256 e. The highest BCUT2D eigenvalue weighted by molar-refractivity contribution is 6.00. The molecule has 0 aliphatic heterocycles. The highest BCUT2D eigenvalue weighted by atomic mass is 16.2. The minimum atomic E-state index is -0.744. The molecule has 0 radical (unpaired) electrons. The van der Waals surface area contributed by atoms with Crippen LogP contribution in [0.3, 0.4) is 0 Å². The quantitative estimate of drug-likeness (QED) is 0.380. The summed E-state index contributed by atoms with van der Waals surface area (Å²) in [7, 11) is 0. The van der Waals surface area contributed by atoms with Crippen LogP contribution in [0.15, 0.2) is 72.8 Å². The number of fused-ring (bicyclic) bond motifs is 1. The number of carbonyl (C=O) groups is 2. The fourth-order valence-corrected chi connectivity index (χ4v) is 2.73. The van der Waals surface area contributed by atoms with Crippen molar-refractivity contribution in [2.75, 3.05) is 0 Å². The number of hydrogen-bond donors (Lipinski definition) is 3. The van der Waals surface area contributed by atoms with Gasteiger partial charge in [-0.15, -0.1) is 0 Å². The number of nitrogens with one attached hydrogen (secondary N) is 2. The number of hydrogen-bond acceptors (Lipinski definition) is 3. The molecule has 0 saturated carbocycles. The molecule has 0 aromatic heterocycles.